The first kappa shape index (κ1) is 12.1. The second-order valence-electron chi connectivity index (χ2n) is 4.52. The van der Waals surface area contributed by atoms with E-state index in [2.05, 4.69) is 10.1 Å². The molecule has 0 amide bonds. The normalized spacial score (nSPS) is 17.2. The number of carboxylic acid groups (broad SMARTS) is 1. The smallest absolute Gasteiger partial charge is 0.303 e. The van der Waals surface area contributed by atoms with E-state index in [1.54, 1.807) is 0 Å². The summed E-state index contributed by atoms with van der Waals surface area (Å²) >= 11 is 0. The number of rotatable bonds is 5. The summed E-state index contributed by atoms with van der Waals surface area (Å²) in [6.45, 7) is 3.02. The zero-order chi connectivity index (χ0) is 12.1. The Hall–Kier alpha value is -1.36. The Morgan fingerprint density at radius 2 is 2.18 bits per heavy atom. The quantitative estimate of drug-likeness (QED) is 0.845. The largest absolute Gasteiger partial charge is 0.481 e. The number of nitrogens with zero attached hydrogens (tertiary/aromatic N) is 2. The summed E-state index contributed by atoms with van der Waals surface area (Å²) in [4.78, 5) is 12.8. The van der Waals surface area contributed by atoms with E-state index >= 15 is 0 Å². The summed E-state index contributed by atoms with van der Waals surface area (Å²) in [5.41, 5.74) is 0.736. The predicted molar refractivity (Wildman–Crippen MR) is 61.6 cm³/mol. The molecule has 2 heterocycles. The summed E-state index contributed by atoms with van der Waals surface area (Å²) in [7, 11) is 0. The molecule has 1 saturated heterocycles. The lowest BCUT2D eigenvalue weighted by Gasteiger charge is -2.24. The molecule has 0 bridgehead atoms. The molecule has 5 nitrogen and oxygen atoms in total. The van der Waals surface area contributed by atoms with Crippen LogP contribution in [0, 0.1) is 0 Å². The van der Waals surface area contributed by atoms with E-state index in [-0.39, 0.29) is 6.42 Å². The van der Waals surface area contributed by atoms with Crippen molar-refractivity contribution < 1.29 is 14.4 Å². The highest BCUT2D eigenvalue weighted by Crippen LogP contribution is 2.14. The van der Waals surface area contributed by atoms with Crippen molar-refractivity contribution in [2.75, 3.05) is 13.1 Å². The van der Waals surface area contributed by atoms with E-state index in [9.17, 15) is 4.79 Å². The van der Waals surface area contributed by atoms with Gasteiger partial charge in [-0.2, -0.15) is 0 Å². The summed E-state index contributed by atoms with van der Waals surface area (Å²) in [5.74, 6) is 0.0397. The lowest BCUT2D eigenvalue weighted by atomic mass is 10.1. The molecule has 1 N–H and O–H groups in total. The third kappa shape index (κ3) is 3.85. The van der Waals surface area contributed by atoms with Crippen LogP contribution in [0.15, 0.2) is 10.6 Å². The number of likely N-dealkylation sites (tertiary alicyclic amines) is 1. The number of aryl methyl sites for hydroxylation is 1. The fourth-order valence-corrected chi connectivity index (χ4v) is 2.12. The molecule has 0 radical (unpaired) electrons. The van der Waals surface area contributed by atoms with Gasteiger partial charge in [0.15, 0.2) is 5.76 Å². The zero-order valence-corrected chi connectivity index (χ0v) is 9.89. The molecule has 5 heteroatoms. The number of hydrogen-bond acceptors (Lipinski definition) is 4. The lowest BCUT2D eigenvalue weighted by molar-refractivity contribution is -0.136. The number of hydrogen-bond donors (Lipinski definition) is 1. The van der Waals surface area contributed by atoms with Crippen molar-refractivity contribution in [1.29, 1.82) is 0 Å². The third-order valence-electron chi connectivity index (χ3n) is 3.03. The van der Waals surface area contributed by atoms with Gasteiger partial charge in [-0.1, -0.05) is 11.6 Å². The molecule has 0 unspecified atom stereocenters. The summed E-state index contributed by atoms with van der Waals surface area (Å²) in [5, 5.41) is 12.5. The Kier molecular flexibility index (Phi) is 4.14. The van der Waals surface area contributed by atoms with E-state index in [4.69, 9.17) is 9.63 Å². The predicted octanol–water partition coefficient (Wildman–Crippen LogP) is 1.68. The Balaban J connectivity index is 1.82. The Labute approximate surface area is 100 Å². The van der Waals surface area contributed by atoms with Crippen LogP contribution in [0.2, 0.25) is 0 Å². The van der Waals surface area contributed by atoms with Gasteiger partial charge in [0, 0.05) is 12.5 Å². The molecule has 0 atom stereocenters. The van der Waals surface area contributed by atoms with Crippen LogP contribution in [-0.2, 0) is 17.8 Å². The maximum absolute atomic E-state index is 10.4. The van der Waals surface area contributed by atoms with Crippen molar-refractivity contribution in [1.82, 2.24) is 10.1 Å². The molecule has 1 aliphatic rings. The molecule has 0 spiro atoms. The summed E-state index contributed by atoms with van der Waals surface area (Å²) in [6, 6.07) is 1.87. The average Bonchev–Trinajstić information content (AvgIpc) is 2.75. The van der Waals surface area contributed by atoms with Gasteiger partial charge >= 0.3 is 5.97 Å². The molecule has 0 aliphatic carbocycles. The topological polar surface area (TPSA) is 66.6 Å². The Morgan fingerprint density at radius 1 is 1.41 bits per heavy atom. The number of aromatic nitrogens is 1. The van der Waals surface area contributed by atoms with E-state index in [0.29, 0.717) is 6.42 Å². The number of carboxylic acids is 1. The molecule has 1 aromatic rings. The zero-order valence-electron chi connectivity index (χ0n) is 9.89. The molecule has 1 fully saturated rings. The fraction of sp³-hybridized carbons (Fsp3) is 0.667. The molecule has 2 rings (SSSR count). The Bertz CT molecular complexity index is 370. The maximum atomic E-state index is 10.4. The highest BCUT2D eigenvalue weighted by Gasteiger charge is 2.13. The van der Waals surface area contributed by atoms with Gasteiger partial charge in [-0.25, -0.2) is 0 Å². The average molecular weight is 238 g/mol. The van der Waals surface area contributed by atoms with Crippen LogP contribution >= 0.6 is 0 Å². The van der Waals surface area contributed by atoms with Crippen molar-refractivity contribution >= 4 is 5.97 Å². The molecule has 94 valence electrons. The van der Waals surface area contributed by atoms with E-state index in [1.807, 2.05) is 6.07 Å². The highest BCUT2D eigenvalue weighted by atomic mass is 16.5. The van der Waals surface area contributed by atoms with Gasteiger partial charge in [-0.15, -0.1) is 0 Å². The van der Waals surface area contributed by atoms with Crippen molar-refractivity contribution in [3.63, 3.8) is 0 Å². The van der Waals surface area contributed by atoms with Gasteiger partial charge in [-0.05, 0) is 25.9 Å². The van der Waals surface area contributed by atoms with Crippen LogP contribution in [-0.4, -0.2) is 34.2 Å². The van der Waals surface area contributed by atoms with Crippen molar-refractivity contribution in [2.45, 2.75) is 38.6 Å². The van der Waals surface area contributed by atoms with Crippen LogP contribution in [0.1, 0.15) is 37.1 Å². The minimum absolute atomic E-state index is 0.107. The van der Waals surface area contributed by atoms with E-state index in [0.717, 1.165) is 31.1 Å². The second-order valence-corrected chi connectivity index (χ2v) is 4.52. The van der Waals surface area contributed by atoms with Crippen molar-refractivity contribution in [3.05, 3.63) is 17.5 Å². The van der Waals surface area contributed by atoms with Crippen LogP contribution < -0.4 is 0 Å². The van der Waals surface area contributed by atoms with Crippen LogP contribution in [0.3, 0.4) is 0 Å². The van der Waals surface area contributed by atoms with Gasteiger partial charge in [0.2, 0.25) is 0 Å². The van der Waals surface area contributed by atoms with Crippen LogP contribution in [0.25, 0.3) is 0 Å². The van der Waals surface area contributed by atoms with Gasteiger partial charge in [0.1, 0.15) is 0 Å². The first-order chi connectivity index (χ1) is 8.24. The monoisotopic (exact) mass is 238 g/mol. The highest BCUT2D eigenvalue weighted by molar-refractivity contribution is 5.66. The van der Waals surface area contributed by atoms with E-state index in [1.165, 1.54) is 19.3 Å². The first-order valence-corrected chi connectivity index (χ1v) is 6.12. The molecule has 1 aliphatic heterocycles. The molecule has 17 heavy (non-hydrogen) atoms. The number of aliphatic carboxylic acids is 1. The van der Waals surface area contributed by atoms with Crippen LogP contribution in [0.5, 0.6) is 0 Å². The lowest BCUT2D eigenvalue weighted by Crippen LogP contribution is -2.28. The van der Waals surface area contributed by atoms with Crippen LogP contribution in [0.4, 0.5) is 0 Å². The Morgan fingerprint density at radius 3 is 2.88 bits per heavy atom. The molecule has 0 aromatic carbocycles. The molecular weight excluding hydrogens is 220 g/mol. The number of carbonyl (C=O) groups is 1. The molecule has 0 saturated carbocycles. The summed E-state index contributed by atoms with van der Waals surface area (Å²) in [6.07, 6.45) is 4.37. The minimum Gasteiger partial charge on any atom is -0.481 e. The first-order valence-electron chi connectivity index (χ1n) is 6.12. The fourth-order valence-electron chi connectivity index (χ4n) is 2.12. The van der Waals surface area contributed by atoms with Crippen molar-refractivity contribution in [2.24, 2.45) is 0 Å². The maximum Gasteiger partial charge on any atom is 0.303 e. The van der Waals surface area contributed by atoms with Crippen molar-refractivity contribution in [3.8, 4) is 0 Å². The molecular formula is C12H18N2O3. The second kappa shape index (κ2) is 5.82. The number of piperidine rings is 1. The molecule has 1 aromatic heterocycles. The standard InChI is InChI=1S/C12H18N2O3/c15-12(16)5-4-10-8-11(17-13-10)9-14-6-2-1-3-7-14/h8H,1-7,9H2,(H,15,16). The van der Waals surface area contributed by atoms with E-state index < -0.39 is 5.97 Å². The van der Waals surface area contributed by atoms with Gasteiger partial charge in [0.05, 0.1) is 18.7 Å². The van der Waals surface area contributed by atoms with Gasteiger partial charge < -0.3 is 9.63 Å². The minimum atomic E-state index is -0.800. The summed E-state index contributed by atoms with van der Waals surface area (Å²) < 4.78 is 5.22. The third-order valence-corrected chi connectivity index (χ3v) is 3.03. The van der Waals surface area contributed by atoms with Gasteiger partial charge in [0.25, 0.3) is 0 Å². The van der Waals surface area contributed by atoms with Gasteiger partial charge in [-0.3, -0.25) is 9.69 Å². The SMILES string of the molecule is O=C(O)CCc1cc(CN2CCCCC2)on1.